The minimum absolute atomic E-state index is 0.0358. The Morgan fingerprint density at radius 2 is 1.81 bits per heavy atom. The van der Waals surface area contributed by atoms with Gasteiger partial charge in [-0.05, 0) is 80.5 Å². The lowest BCUT2D eigenvalue weighted by atomic mass is 9.45. The van der Waals surface area contributed by atoms with Crippen molar-refractivity contribution in [3.8, 4) is 0 Å². The van der Waals surface area contributed by atoms with E-state index in [1.807, 2.05) is 0 Å². The molecule has 0 saturated heterocycles. The third-order valence-electron chi connectivity index (χ3n) is 8.31. The van der Waals surface area contributed by atoms with Crippen LogP contribution < -0.4 is 0 Å². The molecule has 0 aliphatic heterocycles. The summed E-state index contributed by atoms with van der Waals surface area (Å²) < 4.78 is 0. The summed E-state index contributed by atoms with van der Waals surface area (Å²) in [5, 5.41) is 0.418. The Kier molecular flexibility index (Phi) is 3.27. The third kappa shape index (κ3) is 1.92. The minimum Gasteiger partial charge on any atom is -0.299 e. The number of alkyl halides is 1. The molecule has 0 aromatic rings. The number of hydrogen-bond acceptors (Lipinski definition) is 1. The van der Waals surface area contributed by atoms with Crippen LogP contribution in [0.1, 0.15) is 71.6 Å². The van der Waals surface area contributed by atoms with Gasteiger partial charge in [-0.25, -0.2) is 0 Å². The van der Waals surface area contributed by atoms with Crippen LogP contribution in [0.5, 0.6) is 0 Å². The predicted molar refractivity (Wildman–Crippen MR) is 86.4 cm³/mol. The number of Topliss-reactive ketones (excluding diaryl/α,β-unsaturated/α-hetero) is 1. The van der Waals surface area contributed by atoms with Gasteiger partial charge in [0.05, 0.1) is 0 Å². The van der Waals surface area contributed by atoms with E-state index in [0.29, 0.717) is 22.5 Å². The second-order valence-corrected chi connectivity index (χ2v) is 9.56. The van der Waals surface area contributed by atoms with E-state index in [4.69, 9.17) is 11.6 Å². The fraction of sp³-hybridized carbons (Fsp3) is 0.947. The summed E-state index contributed by atoms with van der Waals surface area (Å²) in [6.07, 6.45) is 11.0. The summed E-state index contributed by atoms with van der Waals surface area (Å²) in [5.41, 5.74) is 0.551. The van der Waals surface area contributed by atoms with Crippen LogP contribution in [-0.2, 0) is 4.79 Å². The van der Waals surface area contributed by atoms with Gasteiger partial charge >= 0.3 is 0 Å². The molecule has 0 N–H and O–H groups in total. The van der Waals surface area contributed by atoms with Crippen molar-refractivity contribution in [3.05, 3.63) is 0 Å². The number of halogens is 1. The molecule has 1 nitrogen and oxygen atoms in total. The molecular formula is C19H29ClO. The molecule has 2 heteroatoms. The quantitative estimate of drug-likeness (QED) is 0.562. The van der Waals surface area contributed by atoms with Gasteiger partial charge in [-0.3, -0.25) is 4.79 Å². The van der Waals surface area contributed by atoms with Crippen molar-refractivity contribution in [3.63, 3.8) is 0 Å². The molecule has 0 unspecified atom stereocenters. The van der Waals surface area contributed by atoms with E-state index >= 15 is 0 Å². The summed E-state index contributed by atoms with van der Waals surface area (Å²) in [6, 6.07) is 0. The lowest BCUT2D eigenvalue weighted by Crippen LogP contribution is -2.53. The van der Waals surface area contributed by atoms with Crippen LogP contribution in [0.25, 0.3) is 0 Å². The first-order chi connectivity index (χ1) is 9.95. The molecule has 118 valence electrons. The van der Waals surface area contributed by atoms with Crippen molar-refractivity contribution < 1.29 is 4.79 Å². The molecule has 4 aliphatic rings. The van der Waals surface area contributed by atoms with E-state index in [9.17, 15) is 4.79 Å². The van der Waals surface area contributed by atoms with Gasteiger partial charge < -0.3 is 0 Å². The fourth-order valence-corrected chi connectivity index (χ4v) is 7.30. The Labute approximate surface area is 134 Å². The van der Waals surface area contributed by atoms with Crippen molar-refractivity contribution in [1.82, 2.24) is 0 Å². The Balaban J connectivity index is 1.64. The highest BCUT2D eigenvalue weighted by Gasteiger charge is 2.60. The van der Waals surface area contributed by atoms with E-state index < -0.39 is 0 Å². The molecule has 0 aromatic heterocycles. The van der Waals surface area contributed by atoms with E-state index in [-0.39, 0.29) is 5.41 Å². The summed E-state index contributed by atoms with van der Waals surface area (Å²) in [5.74, 6) is 3.79. The average molecular weight is 309 g/mol. The highest BCUT2D eigenvalue weighted by atomic mass is 35.5. The zero-order valence-corrected chi connectivity index (χ0v) is 14.3. The van der Waals surface area contributed by atoms with Crippen LogP contribution in [0.3, 0.4) is 0 Å². The van der Waals surface area contributed by atoms with Crippen molar-refractivity contribution in [2.45, 2.75) is 77.0 Å². The van der Waals surface area contributed by atoms with Gasteiger partial charge in [-0.1, -0.05) is 13.8 Å². The number of fused-ring (bicyclic) bond motifs is 5. The molecule has 4 aliphatic carbocycles. The molecule has 0 spiro atoms. The zero-order chi connectivity index (χ0) is 14.8. The van der Waals surface area contributed by atoms with Crippen LogP contribution in [0.15, 0.2) is 0 Å². The van der Waals surface area contributed by atoms with Crippen molar-refractivity contribution in [2.24, 2.45) is 34.5 Å². The SMILES string of the molecule is C[C@@]12CC[C@@H](Cl)C[C@@H]1CC[C@H]1[C@H]2CC[C@]2(C)C(=O)CC[C@@H]12. The molecule has 4 fully saturated rings. The molecule has 4 saturated carbocycles. The second-order valence-electron chi connectivity index (χ2n) is 8.95. The minimum atomic E-state index is 0.0358. The maximum absolute atomic E-state index is 12.4. The number of carbonyl (C=O) groups excluding carboxylic acids is 1. The standard InChI is InChI=1S/C19H29ClO/c1-18-9-7-13(20)11-12(18)3-4-14-15-5-6-17(21)19(15,2)10-8-16(14)18/h12-16H,3-11H2,1-2H3/t12-,13+,14+,15-,16+,18+,19-/m0/s1. The molecule has 7 atom stereocenters. The highest BCUT2D eigenvalue weighted by molar-refractivity contribution is 6.20. The maximum Gasteiger partial charge on any atom is 0.139 e. The zero-order valence-electron chi connectivity index (χ0n) is 13.5. The van der Waals surface area contributed by atoms with Gasteiger partial charge in [-0.15, -0.1) is 11.6 Å². The van der Waals surface area contributed by atoms with Crippen molar-refractivity contribution in [1.29, 1.82) is 0 Å². The van der Waals surface area contributed by atoms with Crippen LogP contribution in [0, 0.1) is 34.5 Å². The Morgan fingerprint density at radius 1 is 1.00 bits per heavy atom. The van der Waals surface area contributed by atoms with Crippen molar-refractivity contribution in [2.75, 3.05) is 0 Å². The first-order valence-corrected chi connectivity index (χ1v) is 9.56. The summed E-state index contributed by atoms with van der Waals surface area (Å²) in [4.78, 5) is 12.4. The number of carbonyl (C=O) groups is 1. The molecule has 0 heterocycles. The highest BCUT2D eigenvalue weighted by Crippen LogP contribution is 2.65. The van der Waals surface area contributed by atoms with Gasteiger partial charge in [0.15, 0.2) is 0 Å². The third-order valence-corrected chi connectivity index (χ3v) is 8.71. The largest absolute Gasteiger partial charge is 0.299 e. The van der Waals surface area contributed by atoms with Crippen LogP contribution >= 0.6 is 11.6 Å². The maximum atomic E-state index is 12.4. The summed E-state index contributed by atoms with van der Waals surface area (Å²) >= 11 is 6.46. The fourth-order valence-electron chi connectivity index (χ4n) is 6.98. The monoisotopic (exact) mass is 308 g/mol. The number of ketones is 1. The summed E-state index contributed by atoms with van der Waals surface area (Å²) in [6.45, 7) is 4.85. The van der Waals surface area contributed by atoms with Crippen molar-refractivity contribution >= 4 is 17.4 Å². The van der Waals surface area contributed by atoms with Gasteiger partial charge in [-0.2, -0.15) is 0 Å². The lowest BCUT2D eigenvalue weighted by molar-refractivity contribution is -0.138. The Morgan fingerprint density at radius 3 is 2.62 bits per heavy atom. The van der Waals surface area contributed by atoms with E-state index in [2.05, 4.69) is 13.8 Å². The van der Waals surface area contributed by atoms with Gasteiger partial charge in [0.1, 0.15) is 5.78 Å². The Hall–Kier alpha value is -0.0400. The predicted octanol–water partition coefficient (Wildman–Crippen LogP) is 5.21. The van der Waals surface area contributed by atoms with Crippen LogP contribution in [0.4, 0.5) is 0 Å². The molecule has 0 amide bonds. The van der Waals surface area contributed by atoms with Gasteiger partial charge in [0, 0.05) is 17.2 Å². The molecule has 4 rings (SSSR count). The van der Waals surface area contributed by atoms with E-state index in [0.717, 1.165) is 30.6 Å². The molecule has 21 heavy (non-hydrogen) atoms. The lowest BCUT2D eigenvalue weighted by Gasteiger charge is -2.60. The van der Waals surface area contributed by atoms with E-state index in [1.54, 1.807) is 0 Å². The molecule has 0 bridgehead atoms. The topological polar surface area (TPSA) is 17.1 Å². The molecule has 0 aromatic carbocycles. The second kappa shape index (κ2) is 4.73. The molecule has 0 radical (unpaired) electrons. The van der Waals surface area contributed by atoms with Crippen LogP contribution in [0.2, 0.25) is 0 Å². The van der Waals surface area contributed by atoms with E-state index in [1.165, 1.54) is 44.9 Å². The van der Waals surface area contributed by atoms with Gasteiger partial charge in [0.25, 0.3) is 0 Å². The smallest absolute Gasteiger partial charge is 0.139 e. The normalized spacial score (nSPS) is 56.5. The first kappa shape index (κ1) is 14.5. The molecular weight excluding hydrogens is 280 g/mol. The van der Waals surface area contributed by atoms with Gasteiger partial charge in [0.2, 0.25) is 0 Å². The van der Waals surface area contributed by atoms with Crippen LogP contribution in [-0.4, -0.2) is 11.2 Å². The summed E-state index contributed by atoms with van der Waals surface area (Å²) in [7, 11) is 0. The number of rotatable bonds is 0. The first-order valence-electron chi connectivity index (χ1n) is 9.12. The number of hydrogen-bond donors (Lipinski definition) is 0. The average Bonchev–Trinajstić information content (AvgIpc) is 2.76. The Bertz CT molecular complexity index is 460.